The maximum absolute atomic E-state index is 13.2. The van der Waals surface area contributed by atoms with E-state index in [1.807, 2.05) is 6.92 Å². The summed E-state index contributed by atoms with van der Waals surface area (Å²) >= 11 is 0. The Kier molecular flexibility index (Phi) is 4.15. The van der Waals surface area contributed by atoms with Gasteiger partial charge in [0.1, 0.15) is 5.82 Å². The minimum Gasteiger partial charge on any atom is -0.324 e. The van der Waals surface area contributed by atoms with Crippen LogP contribution in [-0.4, -0.2) is 0 Å². The van der Waals surface area contributed by atoms with Gasteiger partial charge in [-0.15, -0.1) is 0 Å². The summed E-state index contributed by atoms with van der Waals surface area (Å²) in [5.41, 5.74) is 5.72. The fourth-order valence-electron chi connectivity index (χ4n) is 1.40. The second-order valence-corrected chi connectivity index (χ2v) is 3.54. The Labute approximate surface area is 87.1 Å². The van der Waals surface area contributed by atoms with Crippen LogP contribution in [0.2, 0.25) is 0 Å². The third-order valence-corrected chi connectivity index (χ3v) is 2.31. The number of hydrogen-bond donors (Lipinski definition) is 1. The zero-order valence-electron chi connectivity index (χ0n) is 8.56. The van der Waals surface area contributed by atoms with Gasteiger partial charge in [0.2, 0.25) is 0 Å². The topological polar surface area (TPSA) is 26.0 Å². The highest BCUT2D eigenvalue weighted by Gasteiger charge is 2.15. The lowest BCUT2D eigenvalue weighted by Gasteiger charge is -2.12. The fourth-order valence-corrected chi connectivity index (χ4v) is 1.40. The molecule has 1 aromatic rings. The van der Waals surface area contributed by atoms with E-state index in [0.717, 1.165) is 18.9 Å². The van der Waals surface area contributed by atoms with Gasteiger partial charge >= 0.3 is 0 Å². The van der Waals surface area contributed by atoms with Crippen molar-refractivity contribution in [2.75, 3.05) is 0 Å². The third kappa shape index (κ3) is 2.96. The fraction of sp³-hybridized carbons (Fsp3) is 0.455. The van der Waals surface area contributed by atoms with Gasteiger partial charge in [-0.05, 0) is 12.5 Å². The van der Waals surface area contributed by atoms with Crippen LogP contribution in [-0.2, 0) is 0 Å². The Morgan fingerprint density at radius 2 is 1.73 bits per heavy atom. The molecule has 0 aliphatic heterocycles. The highest BCUT2D eigenvalue weighted by molar-refractivity contribution is 5.23. The molecule has 0 radical (unpaired) electrons. The first-order chi connectivity index (χ1) is 7.06. The smallest absolute Gasteiger partial charge is 0.161 e. The molecule has 0 aliphatic rings. The summed E-state index contributed by atoms with van der Waals surface area (Å²) in [7, 11) is 0. The molecule has 1 nitrogen and oxygen atoms in total. The van der Waals surface area contributed by atoms with Crippen molar-refractivity contribution in [1.82, 2.24) is 0 Å². The molecule has 0 aliphatic carbocycles. The predicted molar refractivity (Wildman–Crippen MR) is 52.8 cm³/mol. The molecule has 0 spiro atoms. The summed E-state index contributed by atoms with van der Waals surface area (Å²) in [4.78, 5) is 0. The Morgan fingerprint density at radius 3 is 2.33 bits per heavy atom. The molecule has 84 valence electrons. The van der Waals surface area contributed by atoms with Gasteiger partial charge in [0.15, 0.2) is 11.6 Å². The molecule has 0 aromatic heterocycles. The zero-order valence-corrected chi connectivity index (χ0v) is 8.56. The van der Waals surface area contributed by atoms with Crippen LogP contribution in [0.1, 0.15) is 37.8 Å². The Bertz CT molecular complexity index is 339. The van der Waals surface area contributed by atoms with E-state index in [1.165, 1.54) is 0 Å². The summed E-state index contributed by atoms with van der Waals surface area (Å²) in [6, 6.07) is 0.807. The van der Waals surface area contributed by atoms with E-state index in [9.17, 15) is 13.2 Å². The van der Waals surface area contributed by atoms with E-state index < -0.39 is 23.5 Å². The van der Waals surface area contributed by atoms with Gasteiger partial charge in [-0.1, -0.05) is 19.8 Å². The first-order valence-corrected chi connectivity index (χ1v) is 4.96. The van der Waals surface area contributed by atoms with Crippen LogP contribution in [0.3, 0.4) is 0 Å². The van der Waals surface area contributed by atoms with Gasteiger partial charge in [0.25, 0.3) is 0 Å². The number of unbranched alkanes of at least 4 members (excludes halogenated alkanes) is 1. The molecule has 4 heteroatoms. The highest BCUT2D eigenvalue weighted by Crippen LogP contribution is 2.22. The maximum Gasteiger partial charge on any atom is 0.161 e. The average Bonchev–Trinajstić information content (AvgIpc) is 2.20. The van der Waals surface area contributed by atoms with Crippen LogP contribution >= 0.6 is 0 Å². The van der Waals surface area contributed by atoms with Crippen molar-refractivity contribution < 1.29 is 13.2 Å². The van der Waals surface area contributed by atoms with Gasteiger partial charge in [0, 0.05) is 17.7 Å². The standard InChI is InChI=1S/C11H14F3N/c1-2-3-4-11(15)7-5-9(13)10(14)6-8(7)12/h5-6,11H,2-4,15H2,1H3/t11-/m0/s1. The van der Waals surface area contributed by atoms with E-state index in [4.69, 9.17) is 5.73 Å². The first-order valence-electron chi connectivity index (χ1n) is 4.96. The first kappa shape index (κ1) is 12.0. The minimum absolute atomic E-state index is 0.0438. The van der Waals surface area contributed by atoms with Crippen molar-refractivity contribution in [2.24, 2.45) is 5.73 Å². The van der Waals surface area contributed by atoms with Crippen LogP contribution in [0, 0.1) is 17.5 Å². The van der Waals surface area contributed by atoms with E-state index in [-0.39, 0.29) is 5.56 Å². The van der Waals surface area contributed by atoms with Crippen LogP contribution in [0.5, 0.6) is 0 Å². The van der Waals surface area contributed by atoms with Crippen LogP contribution < -0.4 is 5.73 Å². The average molecular weight is 217 g/mol. The summed E-state index contributed by atoms with van der Waals surface area (Å²) in [5, 5.41) is 0. The molecule has 1 aromatic carbocycles. The maximum atomic E-state index is 13.2. The van der Waals surface area contributed by atoms with Crippen molar-refractivity contribution in [2.45, 2.75) is 32.2 Å². The second-order valence-electron chi connectivity index (χ2n) is 3.54. The summed E-state index contributed by atoms with van der Waals surface area (Å²) < 4.78 is 38.7. The SMILES string of the molecule is CCCC[C@H](N)c1cc(F)c(F)cc1F. The molecular weight excluding hydrogens is 203 g/mol. The summed E-state index contributed by atoms with van der Waals surface area (Å²) in [5.74, 6) is -3.02. The van der Waals surface area contributed by atoms with Crippen molar-refractivity contribution in [3.63, 3.8) is 0 Å². The molecule has 0 bridgehead atoms. The Balaban J connectivity index is 2.88. The zero-order chi connectivity index (χ0) is 11.4. The quantitative estimate of drug-likeness (QED) is 0.769. The number of benzene rings is 1. The van der Waals surface area contributed by atoms with Crippen molar-refractivity contribution in [3.05, 3.63) is 35.1 Å². The van der Waals surface area contributed by atoms with E-state index in [1.54, 1.807) is 0 Å². The lowest BCUT2D eigenvalue weighted by molar-refractivity contribution is 0.479. The molecular formula is C11H14F3N. The van der Waals surface area contributed by atoms with Gasteiger partial charge in [-0.3, -0.25) is 0 Å². The van der Waals surface area contributed by atoms with Gasteiger partial charge in [0.05, 0.1) is 0 Å². The van der Waals surface area contributed by atoms with Crippen molar-refractivity contribution in [1.29, 1.82) is 0 Å². The molecule has 1 atom stereocenters. The van der Waals surface area contributed by atoms with Gasteiger partial charge < -0.3 is 5.73 Å². The molecule has 2 N–H and O–H groups in total. The van der Waals surface area contributed by atoms with Gasteiger partial charge in [-0.25, -0.2) is 13.2 Å². The predicted octanol–water partition coefficient (Wildman–Crippen LogP) is 3.29. The number of rotatable bonds is 4. The largest absolute Gasteiger partial charge is 0.324 e. The molecule has 0 heterocycles. The number of nitrogens with two attached hydrogens (primary N) is 1. The summed E-state index contributed by atoms with van der Waals surface area (Å²) in [6.07, 6.45) is 2.33. The van der Waals surface area contributed by atoms with Crippen molar-refractivity contribution in [3.8, 4) is 0 Å². The molecule has 0 saturated heterocycles. The minimum atomic E-state index is -1.18. The van der Waals surface area contributed by atoms with E-state index in [0.29, 0.717) is 12.5 Å². The monoisotopic (exact) mass is 217 g/mol. The Morgan fingerprint density at radius 1 is 1.13 bits per heavy atom. The third-order valence-electron chi connectivity index (χ3n) is 2.31. The summed E-state index contributed by atoms with van der Waals surface area (Å²) in [6.45, 7) is 1.98. The van der Waals surface area contributed by atoms with Gasteiger partial charge in [-0.2, -0.15) is 0 Å². The molecule has 1 rings (SSSR count). The molecule has 0 unspecified atom stereocenters. The number of halogens is 3. The molecule has 15 heavy (non-hydrogen) atoms. The van der Waals surface area contributed by atoms with Crippen LogP contribution in [0.25, 0.3) is 0 Å². The molecule has 0 saturated carbocycles. The lowest BCUT2D eigenvalue weighted by Crippen LogP contribution is -2.13. The molecule has 0 fully saturated rings. The number of hydrogen-bond acceptors (Lipinski definition) is 1. The van der Waals surface area contributed by atoms with Crippen molar-refractivity contribution >= 4 is 0 Å². The highest BCUT2D eigenvalue weighted by atomic mass is 19.2. The lowest BCUT2D eigenvalue weighted by atomic mass is 10.0. The van der Waals surface area contributed by atoms with Crippen LogP contribution in [0.15, 0.2) is 12.1 Å². The second kappa shape index (κ2) is 5.16. The van der Waals surface area contributed by atoms with Crippen LogP contribution in [0.4, 0.5) is 13.2 Å². The Hall–Kier alpha value is -1.03. The normalized spacial score (nSPS) is 12.9. The molecule has 0 amide bonds. The van der Waals surface area contributed by atoms with E-state index in [2.05, 4.69) is 0 Å². The van der Waals surface area contributed by atoms with E-state index >= 15 is 0 Å².